The molecule has 0 saturated heterocycles. The van der Waals surface area contributed by atoms with E-state index in [1.165, 1.54) is 43.1 Å². The average Bonchev–Trinajstić information content (AvgIpc) is 3.45. The minimum Gasteiger partial charge on any atom is -0.278 e. The molecule has 0 unspecified atom stereocenters. The summed E-state index contributed by atoms with van der Waals surface area (Å²) in [5, 5.41) is 11.1. The van der Waals surface area contributed by atoms with Gasteiger partial charge in [0.05, 0.1) is 22.2 Å². The van der Waals surface area contributed by atoms with Crippen LogP contribution in [0.2, 0.25) is 0 Å². The summed E-state index contributed by atoms with van der Waals surface area (Å²) in [7, 11) is 0. The molecule has 2 aromatic heterocycles. The smallest absolute Gasteiger partial charge is 0.235 e. The van der Waals surface area contributed by atoms with Crippen LogP contribution in [0.1, 0.15) is 11.3 Å². The summed E-state index contributed by atoms with van der Waals surface area (Å²) in [5.74, 6) is 0.670. The largest absolute Gasteiger partial charge is 0.278 e. The van der Waals surface area contributed by atoms with E-state index in [1.54, 1.807) is 0 Å². The van der Waals surface area contributed by atoms with E-state index < -0.39 is 0 Å². The van der Waals surface area contributed by atoms with Crippen LogP contribution in [0.5, 0.6) is 0 Å². The molecule has 9 rings (SSSR count). The van der Waals surface area contributed by atoms with Crippen molar-refractivity contribution in [3.63, 3.8) is 0 Å². The lowest BCUT2D eigenvalue weighted by atomic mass is 9.91. The fraction of sp³-hybridized carbons (Fsp3) is 0. The van der Waals surface area contributed by atoms with E-state index in [9.17, 15) is 0 Å². The Balaban J connectivity index is 1.54. The number of aromatic nitrogens is 3. The summed E-state index contributed by atoms with van der Waals surface area (Å²) in [5.41, 5.74) is 7.13. The molecule has 0 atom stereocenters. The molecule has 0 amide bonds. The molecule has 3 heteroatoms. The van der Waals surface area contributed by atoms with Gasteiger partial charge in [0.25, 0.3) is 0 Å². The van der Waals surface area contributed by atoms with E-state index in [4.69, 9.17) is 9.97 Å². The van der Waals surface area contributed by atoms with Crippen LogP contribution in [0.25, 0.3) is 82.1 Å². The molecule has 180 valence electrons. The fourth-order valence-electron chi connectivity index (χ4n) is 6.84. The van der Waals surface area contributed by atoms with Gasteiger partial charge in [-0.15, -0.1) is 0 Å². The second-order valence-electron chi connectivity index (χ2n) is 10.3. The van der Waals surface area contributed by atoms with Gasteiger partial charge in [-0.25, -0.2) is 9.97 Å². The maximum absolute atomic E-state index is 5.25. The molecule has 0 radical (unpaired) electrons. The number of nitrogens with zero attached hydrogens (tertiary/aromatic N) is 3. The first-order valence-electron chi connectivity index (χ1n) is 13.2. The Labute approximate surface area is 224 Å². The van der Waals surface area contributed by atoms with E-state index in [0.717, 1.165) is 44.3 Å². The zero-order valence-electron chi connectivity index (χ0n) is 21.1. The van der Waals surface area contributed by atoms with Crippen molar-refractivity contribution in [2.24, 2.45) is 0 Å². The molecule has 0 saturated carbocycles. The van der Waals surface area contributed by atoms with Crippen molar-refractivity contribution in [3.05, 3.63) is 128 Å². The van der Waals surface area contributed by atoms with Crippen LogP contribution in [0.3, 0.4) is 0 Å². The maximum Gasteiger partial charge on any atom is 0.235 e. The molecule has 0 spiro atoms. The van der Waals surface area contributed by atoms with Gasteiger partial charge in [0.15, 0.2) is 0 Å². The van der Waals surface area contributed by atoms with Crippen LogP contribution >= 0.6 is 0 Å². The Bertz CT molecular complexity index is 2410. The summed E-state index contributed by atoms with van der Waals surface area (Å²) in [6.07, 6.45) is 3.82. The quantitative estimate of drug-likeness (QED) is 0.224. The van der Waals surface area contributed by atoms with Gasteiger partial charge in [-0.3, -0.25) is 4.57 Å². The minimum atomic E-state index is 0.670. The minimum absolute atomic E-state index is 0.670. The zero-order chi connectivity index (χ0) is 25.8. The molecule has 39 heavy (non-hydrogen) atoms. The molecule has 1 aliphatic carbocycles. The highest BCUT2D eigenvalue weighted by Gasteiger charge is 2.27. The van der Waals surface area contributed by atoms with Crippen molar-refractivity contribution >= 4 is 76.2 Å². The SMILES string of the molecule is C=C/C=C1\C(=C)c2cccc3nc(-n4c5cccc6c7ccccc7c7c8ccccc8cc4c7c65)nc1c23. The van der Waals surface area contributed by atoms with Gasteiger partial charge in [0, 0.05) is 27.1 Å². The van der Waals surface area contributed by atoms with Crippen LogP contribution in [0, 0.1) is 0 Å². The van der Waals surface area contributed by atoms with E-state index in [1.807, 2.05) is 12.2 Å². The van der Waals surface area contributed by atoms with Gasteiger partial charge in [0.1, 0.15) is 0 Å². The predicted octanol–water partition coefficient (Wildman–Crippen LogP) is 9.22. The van der Waals surface area contributed by atoms with Crippen molar-refractivity contribution in [1.82, 2.24) is 14.5 Å². The number of allylic oxidation sites excluding steroid dienone is 4. The van der Waals surface area contributed by atoms with E-state index >= 15 is 0 Å². The summed E-state index contributed by atoms with van der Waals surface area (Å²) >= 11 is 0. The molecular weight excluding hydrogens is 474 g/mol. The van der Waals surface area contributed by atoms with Gasteiger partial charge < -0.3 is 0 Å². The van der Waals surface area contributed by atoms with Gasteiger partial charge in [-0.05, 0) is 56.3 Å². The zero-order valence-corrected chi connectivity index (χ0v) is 21.1. The lowest BCUT2D eigenvalue weighted by Gasteiger charge is -2.11. The highest BCUT2D eigenvalue weighted by atomic mass is 15.2. The summed E-state index contributed by atoms with van der Waals surface area (Å²) < 4.78 is 2.26. The molecule has 3 nitrogen and oxygen atoms in total. The molecule has 0 fully saturated rings. The van der Waals surface area contributed by atoms with Gasteiger partial charge >= 0.3 is 0 Å². The summed E-state index contributed by atoms with van der Waals surface area (Å²) in [6, 6.07) is 32.6. The molecule has 0 bridgehead atoms. The Kier molecular flexibility index (Phi) is 3.82. The van der Waals surface area contributed by atoms with Crippen LogP contribution in [-0.4, -0.2) is 14.5 Å². The Morgan fingerprint density at radius 2 is 1.38 bits per heavy atom. The highest BCUT2D eigenvalue weighted by molar-refractivity contribution is 6.39. The van der Waals surface area contributed by atoms with Crippen LogP contribution < -0.4 is 0 Å². The molecule has 6 aromatic carbocycles. The molecule has 1 aliphatic rings. The fourth-order valence-corrected chi connectivity index (χ4v) is 6.84. The third-order valence-electron chi connectivity index (χ3n) is 8.39. The maximum atomic E-state index is 5.25. The Hall–Kier alpha value is -5.28. The number of hydrogen-bond donors (Lipinski definition) is 0. The number of fused-ring (bicyclic) bond motifs is 5. The molecule has 2 heterocycles. The monoisotopic (exact) mass is 495 g/mol. The van der Waals surface area contributed by atoms with Crippen LogP contribution in [-0.2, 0) is 0 Å². The third-order valence-corrected chi connectivity index (χ3v) is 8.39. The Morgan fingerprint density at radius 3 is 2.26 bits per heavy atom. The second-order valence-corrected chi connectivity index (χ2v) is 10.3. The molecular formula is C36H21N3. The third kappa shape index (κ3) is 2.47. The predicted molar refractivity (Wildman–Crippen MR) is 165 cm³/mol. The lowest BCUT2D eigenvalue weighted by Crippen LogP contribution is -2.03. The first-order valence-corrected chi connectivity index (χ1v) is 13.2. The van der Waals surface area contributed by atoms with Crippen molar-refractivity contribution in [1.29, 1.82) is 0 Å². The van der Waals surface area contributed by atoms with E-state index in [-0.39, 0.29) is 0 Å². The molecule has 0 N–H and O–H groups in total. The number of benzene rings is 6. The van der Waals surface area contributed by atoms with Crippen molar-refractivity contribution in [2.45, 2.75) is 0 Å². The van der Waals surface area contributed by atoms with Crippen LogP contribution in [0.15, 0.2) is 116 Å². The first kappa shape index (κ1) is 20.7. The van der Waals surface area contributed by atoms with E-state index in [0.29, 0.717) is 5.95 Å². The standard InChI is InChI=1S/C36H21N3/c1-3-10-23-20(2)22-15-8-17-28-32(22)35(23)38-36(37-28)39-29-18-9-16-27-25-13-6-7-14-26(25)31-24-12-5-4-11-21(24)19-30(39)34(31)33(27)29/h3-19H,1-2H2/b23-10+. The lowest BCUT2D eigenvalue weighted by molar-refractivity contribution is 1.01. The van der Waals surface area contributed by atoms with Gasteiger partial charge in [-0.2, -0.15) is 0 Å². The summed E-state index contributed by atoms with van der Waals surface area (Å²) in [4.78, 5) is 10.4. The van der Waals surface area contributed by atoms with E-state index in [2.05, 4.69) is 109 Å². The number of hydrogen-bond acceptors (Lipinski definition) is 2. The summed E-state index contributed by atoms with van der Waals surface area (Å²) in [6.45, 7) is 8.33. The van der Waals surface area contributed by atoms with Crippen molar-refractivity contribution in [3.8, 4) is 5.95 Å². The number of rotatable bonds is 2. The van der Waals surface area contributed by atoms with Gasteiger partial charge in [-0.1, -0.05) is 98.1 Å². The average molecular weight is 496 g/mol. The normalized spacial score (nSPS) is 14.4. The Morgan fingerprint density at radius 1 is 0.641 bits per heavy atom. The van der Waals surface area contributed by atoms with Crippen molar-refractivity contribution < 1.29 is 0 Å². The first-order chi connectivity index (χ1) is 19.2. The highest BCUT2D eigenvalue weighted by Crippen LogP contribution is 2.47. The van der Waals surface area contributed by atoms with Crippen molar-refractivity contribution in [2.75, 3.05) is 0 Å². The van der Waals surface area contributed by atoms with Gasteiger partial charge in [0.2, 0.25) is 5.95 Å². The second kappa shape index (κ2) is 7.18. The van der Waals surface area contributed by atoms with Crippen LogP contribution in [0.4, 0.5) is 0 Å². The topological polar surface area (TPSA) is 30.7 Å². The molecule has 0 aliphatic heterocycles. The molecule has 8 aromatic rings.